The zero-order chi connectivity index (χ0) is 15.5. The largest absolute Gasteiger partial charge is 0.239 e. The van der Waals surface area contributed by atoms with E-state index in [4.69, 9.17) is 11.6 Å². The molecular weight excluding hydrogens is 296 g/mol. The Morgan fingerprint density at radius 1 is 1.18 bits per heavy atom. The molecule has 22 heavy (non-hydrogen) atoms. The first-order valence-corrected chi connectivity index (χ1v) is 7.20. The van der Waals surface area contributed by atoms with Crippen LogP contribution in [0.25, 0.3) is 11.3 Å². The number of aromatic nitrogens is 3. The number of nitrogens with zero attached hydrogens (tertiary/aromatic N) is 4. The summed E-state index contributed by atoms with van der Waals surface area (Å²) >= 11 is 6.02. The third kappa shape index (κ3) is 2.85. The van der Waals surface area contributed by atoms with Gasteiger partial charge < -0.3 is 0 Å². The quantitative estimate of drug-likeness (QED) is 0.739. The first-order valence-electron chi connectivity index (χ1n) is 6.82. The van der Waals surface area contributed by atoms with Crippen molar-refractivity contribution in [3.05, 3.63) is 70.4 Å². The average molecular weight is 309 g/mol. The van der Waals surface area contributed by atoms with Gasteiger partial charge in [-0.2, -0.15) is 5.26 Å². The molecule has 0 N–H and O–H groups in total. The summed E-state index contributed by atoms with van der Waals surface area (Å²) in [5.74, 6) is 0. The van der Waals surface area contributed by atoms with Crippen LogP contribution < -0.4 is 0 Å². The summed E-state index contributed by atoms with van der Waals surface area (Å²) < 4.78 is 1.74. The lowest BCUT2D eigenvalue weighted by Crippen LogP contribution is -2.04. The lowest BCUT2D eigenvalue weighted by Gasteiger charge is -2.08. The van der Waals surface area contributed by atoms with Crippen LogP contribution in [0.5, 0.6) is 0 Å². The monoisotopic (exact) mass is 308 g/mol. The van der Waals surface area contributed by atoms with Gasteiger partial charge in [0, 0.05) is 10.6 Å². The van der Waals surface area contributed by atoms with Gasteiger partial charge >= 0.3 is 0 Å². The van der Waals surface area contributed by atoms with E-state index in [0.29, 0.717) is 17.3 Å². The Morgan fingerprint density at radius 2 is 2.00 bits per heavy atom. The maximum Gasteiger partial charge on any atom is 0.190 e. The topological polar surface area (TPSA) is 54.5 Å². The Balaban J connectivity index is 2.06. The number of hydrogen-bond acceptors (Lipinski definition) is 3. The SMILES string of the molecule is Cc1cccc(-c2c(C#N)nnn2Cc2cccc(Cl)c2)c1. The second-order valence-electron chi connectivity index (χ2n) is 5.06. The van der Waals surface area contributed by atoms with Gasteiger partial charge in [0.05, 0.1) is 6.54 Å². The molecule has 108 valence electrons. The van der Waals surface area contributed by atoms with Crippen LogP contribution in [-0.4, -0.2) is 15.0 Å². The van der Waals surface area contributed by atoms with Crippen LogP contribution in [0.1, 0.15) is 16.8 Å². The first kappa shape index (κ1) is 14.3. The van der Waals surface area contributed by atoms with Crippen molar-refractivity contribution in [3.8, 4) is 17.3 Å². The molecule has 0 aliphatic heterocycles. The smallest absolute Gasteiger partial charge is 0.190 e. The number of aryl methyl sites for hydroxylation is 1. The van der Waals surface area contributed by atoms with Gasteiger partial charge in [-0.3, -0.25) is 0 Å². The molecule has 4 nitrogen and oxygen atoms in total. The second kappa shape index (κ2) is 6.00. The van der Waals surface area contributed by atoms with Gasteiger partial charge in [0.25, 0.3) is 0 Å². The molecule has 0 spiro atoms. The highest BCUT2D eigenvalue weighted by atomic mass is 35.5. The van der Waals surface area contributed by atoms with Crippen molar-refractivity contribution in [2.75, 3.05) is 0 Å². The van der Waals surface area contributed by atoms with E-state index < -0.39 is 0 Å². The standard InChI is InChI=1S/C17H13ClN4/c1-12-4-2-6-14(8-12)17-16(10-19)20-21-22(17)11-13-5-3-7-15(18)9-13/h2-9H,11H2,1H3. The van der Waals surface area contributed by atoms with Crippen LogP contribution in [0.2, 0.25) is 5.02 Å². The number of hydrogen-bond donors (Lipinski definition) is 0. The molecule has 3 aromatic rings. The van der Waals surface area contributed by atoms with Crippen molar-refractivity contribution in [2.24, 2.45) is 0 Å². The van der Waals surface area contributed by atoms with Gasteiger partial charge in [-0.1, -0.05) is 52.7 Å². The number of rotatable bonds is 3. The molecule has 0 fully saturated rings. The Labute approximate surface area is 133 Å². The number of nitriles is 1. The summed E-state index contributed by atoms with van der Waals surface area (Å²) in [7, 11) is 0. The van der Waals surface area contributed by atoms with E-state index >= 15 is 0 Å². The molecule has 0 bridgehead atoms. The van der Waals surface area contributed by atoms with E-state index in [1.54, 1.807) is 4.68 Å². The molecule has 0 amide bonds. The lowest BCUT2D eigenvalue weighted by atomic mass is 10.1. The van der Waals surface area contributed by atoms with Crippen LogP contribution in [0.4, 0.5) is 0 Å². The predicted molar refractivity (Wildman–Crippen MR) is 85.5 cm³/mol. The molecule has 0 saturated heterocycles. The van der Waals surface area contributed by atoms with Crippen molar-refractivity contribution < 1.29 is 0 Å². The van der Waals surface area contributed by atoms with Gasteiger partial charge in [-0.15, -0.1) is 5.10 Å². The summed E-state index contributed by atoms with van der Waals surface area (Å²) in [5, 5.41) is 18.1. The molecule has 0 radical (unpaired) electrons. The van der Waals surface area contributed by atoms with E-state index in [9.17, 15) is 5.26 Å². The third-order valence-corrected chi connectivity index (χ3v) is 3.59. The highest BCUT2D eigenvalue weighted by Crippen LogP contribution is 2.24. The molecular formula is C17H13ClN4. The highest BCUT2D eigenvalue weighted by Gasteiger charge is 2.15. The third-order valence-electron chi connectivity index (χ3n) is 3.35. The lowest BCUT2D eigenvalue weighted by molar-refractivity contribution is 0.655. The molecule has 3 rings (SSSR count). The van der Waals surface area contributed by atoms with Crippen molar-refractivity contribution in [2.45, 2.75) is 13.5 Å². The summed E-state index contributed by atoms with van der Waals surface area (Å²) in [6, 6.07) is 17.6. The molecule has 1 aromatic heterocycles. The molecule has 0 aliphatic carbocycles. The zero-order valence-corrected chi connectivity index (χ0v) is 12.7. The average Bonchev–Trinajstić information content (AvgIpc) is 2.90. The summed E-state index contributed by atoms with van der Waals surface area (Å²) in [6.07, 6.45) is 0. The summed E-state index contributed by atoms with van der Waals surface area (Å²) in [5.41, 5.74) is 4.12. The molecule has 0 aliphatic rings. The van der Waals surface area contributed by atoms with Gasteiger partial charge in [0.2, 0.25) is 0 Å². The van der Waals surface area contributed by atoms with E-state index in [0.717, 1.165) is 22.4 Å². The summed E-state index contributed by atoms with van der Waals surface area (Å²) in [4.78, 5) is 0. The molecule has 1 heterocycles. The van der Waals surface area contributed by atoms with Crippen LogP contribution >= 0.6 is 11.6 Å². The fourth-order valence-electron chi connectivity index (χ4n) is 2.39. The predicted octanol–water partition coefficient (Wildman–Crippen LogP) is 3.83. The van der Waals surface area contributed by atoms with Gasteiger partial charge in [0.1, 0.15) is 11.8 Å². The molecule has 5 heteroatoms. The van der Waals surface area contributed by atoms with Gasteiger partial charge in [0.15, 0.2) is 5.69 Å². The van der Waals surface area contributed by atoms with Crippen LogP contribution in [-0.2, 0) is 6.54 Å². The summed E-state index contributed by atoms with van der Waals surface area (Å²) in [6.45, 7) is 2.53. The van der Waals surface area contributed by atoms with E-state index in [1.165, 1.54) is 0 Å². The minimum absolute atomic E-state index is 0.327. The normalized spacial score (nSPS) is 10.4. The second-order valence-corrected chi connectivity index (χ2v) is 5.49. The Kier molecular flexibility index (Phi) is 3.90. The maximum atomic E-state index is 9.29. The van der Waals surface area contributed by atoms with Crippen LogP contribution in [0.15, 0.2) is 48.5 Å². The van der Waals surface area contributed by atoms with Crippen molar-refractivity contribution in [1.29, 1.82) is 5.26 Å². The number of benzene rings is 2. The fourth-order valence-corrected chi connectivity index (χ4v) is 2.60. The maximum absolute atomic E-state index is 9.29. The van der Waals surface area contributed by atoms with E-state index in [-0.39, 0.29) is 0 Å². The highest BCUT2D eigenvalue weighted by molar-refractivity contribution is 6.30. The minimum Gasteiger partial charge on any atom is -0.239 e. The Morgan fingerprint density at radius 3 is 2.73 bits per heavy atom. The van der Waals surface area contributed by atoms with Crippen molar-refractivity contribution >= 4 is 11.6 Å². The Hall–Kier alpha value is -2.64. The van der Waals surface area contributed by atoms with Crippen molar-refractivity contribution in [3.63, 3.8) is 0 Å². The zero-order valence-electron chi connectivity index (χ0n) is 12.0. The van der Waals surface area contributed by atoms with Gasteiger partial charge in [-0.25, -0.2) is 4.68 Å². The van der Waals surface area contributed by atoms with Crippen LogP contribution in [0.3, 0.4) is 0 Å². The molecule has 2 aromatic carbocycles. The first-order chi connectivity index (χ1) is 10.7. The minimum atomic E-state index is 0.327. The van der Waals surface area contributed by atoms with E-state index in [1.807, 2.05) is 55.5 Å². The van der Waals surface area contributed by atoms with E-state index in [2.05, 4.69) is 16.4 Å². The molecule has 0 unspecified atom stereocenters. The van der Waals surface area contributed by atoms with Crippen LogP contribution in [0, 0.1) is 18.3 Å². The molecule has 0 saturated carbocycles. The number of halogens is 1. The fraction of sp³-hybridized carbons (Fsp3) is 0.118. The Bertz CT molecular complexity index is 861. The molecule has 0 atom stereocenters. The van der Waals surface area contributed by atoms with Crippen molar-refractivity contribution in [1.82, 2.24) is 15.0 Å². The van der Waals surface area contributed by atoms with Gasteiger partial charge in [-0.05, 0) is 30.7 Å².